The molecule has 0 atom stereocenters. The van der Waals surface area contributed by atoms with Crippen LogP contribution in [0.4, 0.5) is 5.69 Å². The minimum atomic E-state index is -0.185. The Morgan fingerprint density at radius 3 is 2.32 bits per heavy atom. The number of para-hydroxylation sites is 1. The van der Waals surface area contributed by atoms with Gasteiger partial charge in [-0.1, -0.05) is 42.5 Å². The van der Waals surface area contributed by atoms with E-state index in [4.69, 9.17) is 0 Å². The van der Waals surface area contributed by atoms with Crippen molar-refractivity contribution in [2.75, 3.05) is 25.5 Å². The number of carbonyl (C=O) groups excluding carboxylic acids is 2. The highest BCUT2D eigenvalue weighted by Gasteiger charge is 2.12. The highest BCUT2D eigenvalue weighted by molar-refractivity contribution is 6.03. The van der Waals surface area contributed by atoms with Crippen molar-refractivity contribution in [3.63, 3.8) is 0 Å². The lowest BCUT2D eigenvalue weighted by atomic mass is 10.1. The van der Waals surface area contributed by atoms with E-state index >= 15 is 0 Å². The first-order valence-electron chi connectivity index (χ1n) is 8.06. The molecule has 0 aliphatic rings. The third-order valence-corrected chi connectivity index (χ3v) is 3.59. The van der Waals surface area contributed by atoms with Crippen LogP contribution in [-0.4, -0.2) is 32.0 Å². The Morgan fingerprint density at radius 2 is 1.60 bits per heavy atom. The summed E-state index contributed by atoms with van der Waals surface area (Å²) in [6.45, 7) is 1.14. The lowest BCUT2D eigenvalue weighted by molar-refractivity contribution is -0.116. The number of halogens is 1. The summed E-state index contributed by atoms with van der Waals surface area (Å²) in [5, 5.41) is 8.62. The SMILES string of the molecule is CNCCC(=O)Nc1ccccc1C(=O)NCCc1ccccc1.Cl. The monoisotopic (exact) mass is 361 g/mol. The highest BCUT2D eigenvalue weighted by atomic mass is 35.5. The second-order valence-corrected chi connectivity index (χ2v) is 5.44. The van der Waals surface area contributed by atoms with E-state index in [2.05, 4.69) is 16.0 Å². The van der Waals surface area contributed by atoms with Crippen LogP contribution in [0.1, 0.15) is 22.3 Å². The average Bonchev–Trinajstić information content (AvgIpc) is 2.61. The van der Waals surface area contributed by atoms with E-state index in [1.807, 2.05) is 30.3 Å². The lowest BCUT2D eigenvalue weighted by Crippen LogP contribution is -2.27. The number of carbonyl (C=O) groups is 2. The molecule has 0 bridgehead atoms. The van der Waals surface area contributed by atoms with E-state index < -0.39 is 0 Å². The number of hydrogen-bond acceptors (Lipinski definition) is 3. The standard InChI is InChI=1S/C19H23N3O2.ClH/c1-20-13-12-18(23)22-17-10-6-5-9-16(17)19(24)21-14-11-15-7-3-2-4-8-15;/h2-10,20H,11-14H2,1H3,(H,21,24)(H,22,23);1H. The van der Waals surface area contributed by atoms with E-state index in [0.29, 0.717) is 30.8 Å². The van der Waals surface area contributed by atoms with Gasteiger partial charge in [0.15, 0.2) is 0 Å². The van der Waals surface area contributed by atoms with Gasteiger partial charge in [-0.25, -0.2) is 0 Å². The average molecular weight is 362 g/mol. The fraction of sp³-hybridized carbons (Fsp3) is 0.263. The van der Waals surface area contributed by atoms with Crippen molar-refractivity contribution in [3.05, 3.63) is 65.7 Å². The molecule has 5 nitrogen and oxygen atoms in total. The summed E-state index contributed by atoms with van der Waals surface area (Å²) in [4.78, 5) is 24.2. The molecule has 2 aromatic carbocycles. The molecule has 0 aliphatic heterocycles. The smallest absolute Gasteiger partial charge is 0.253 e. The first kappa shape index (κ1) is 20.7. The van der Waals surface area contributed by atoms with Gasteiger partial charge in [0.05, 0.1) is 11.3 Å². The number of rotatable bonds is 8. The number of hydrogen-bond donors (Lipinski definition) is 3. The van der Waals surface area contributed by atoms with Gasteiger partial charge < -0.3 is 16.0 Å². The van der Waals surface area contributed by atoms with Crippen LogP contribution in [0.15, 0.2) is 54.6 Å². The van der Waals surface area contributed by atoms with Crippen molar-refractivity contribution >= 4 is 29.9 Å². The fourth-order valence-electron chi connectivity index (χ4n) is 2.30. The van der Waals surface area contributed by atoms with Gasteiger partial charge >= 0.3 is 0 Å². The molecule has 0 aliphatic carbocycles. The van der Waals surface area contributed by atoms with Crippen LogP contribution in [0.25, 0.3) is 0 Å². The second kappa shape index (κ2) is 11.2. The van der Waals surface area contributed by atoms with Crippen molar-refractivity contribution in [1.82, 2.24) is 10.6 Å². The summed E-state index contributed by atoms with van der Waals surface area (Å²) < 4.78 is 0. The minimum absolute atomic E-state index is 0. The molecular formula is C19H24ClN3O2. The Balaban J connectivity index is 0.00000312. The number of nitrogens with one attached hydrogen (secondary N) is 3. The molecule has 2 aromatic rings. The molecular weight excluding hydrogens is 338 g/mol. The lowest BCUT2D eigenvalue weighted by Gasteiger charge is -2.11. The molecule has 0 fully saturated rings. The maximum Gasteiger partial charge on any atom is 0.253 e. The molecule has 0 spiro atoms. The molecule has 0 aromatic heterocycles. The molecule has 0 unspecified atom stereocenters. The van der Waals surface area contributed by atoms with Crippen LogP contribution < -0.4 is 16.0 Å². The Kier molecular flexibility index (Phi) is 9.29. The molecule has 3 N–H and O–H groups in total. The van der Waals surface area contributed by atoms with Crippen LogP contribution in [0.5, 0.6) is 0 Å². The van der Waals surface area contributed by atoms with Crippen molar-refractivity contribution in [2.24, 2.45) is 0 Å². The summed E-state index contributed by atoms with van der Waals surface area (Å²) in [7, 11) is 1.79. The van der Waals surface area contributed by atoms with Crippen molar-refractivity contribution in [1.29, 1.82) is 0 Å². The third kappa shape index (κ3) is 6.95. The molecule has 0 heterocycles. The fourth-order valence-corrected chi connectivity index (χ4v) is 2.30. The van der Waals surface area contributed by atoms with Gasteiger partial charge in [0, 0.05) is 19.5 Å². The van der Waals surface area contributed by atoms with E-state index in [1.54, 1.807) is 31.3 Å². The summed E-state index contributed by atoms with van der Waals surface area (Å²) in [5.41, 5.74) is 2.19. The summed E-state index contributed by atoms with van der Waals surface area (Å²) in [6, 6.07) is 17.0. The van der Waals surface area contributed by atoms with Gasteiger partial charge in [0.1, 0.15) is 0 Å². The van der Waals surface area contributed by atoms with Crippen LogP contribution in [0.2, 0.25) is 0 Å². The number of benzene rings is 2. The van der Waals surface area contributed by atoms with Gasteiger partial charge in [-0.2, -0.15) is 0 Å². The van der Waals surface area contributed by atoms with Crippen molar-refractivity contribution < 1.29 is 9.59 Å². The molecule has 2 amide bonds. The maximum absolute atomic E-state index is 12.4. The second-order valence-electron chi connectivity index (χ2n) is 5.44. The van der Waals surface area contributed by atoms with Gasteiger partial charge in [0.25, 0.3) is 5.91 Å². The quantitative estimate of drug-likeness (QED) is 0.677. The molecule has 2 rings (SSSR count). The number of anilines is 1. The first-order chi connectivity index (χ1) is 11.7. The van der Waals surface area contributed by atoms with Crippen LogP contribution in [0.3, 0.4) is 0 Å². The molecule has 0 radical (unpaired) electrons. The van der Waals surface area contributed by atoms with E-state index in [9.17, 15) is 9.59 Å². The topological polar surface area (TPSA) is 70.2 Å². The Morgan fingerprint density at radius 1 is 0.920 bits per heavy atom. The summed E-state index contributed by atoms with van der Waals surface area (Å²) in [6.07, 6.45) is 1.13. The summed E-state index contributed by atoms with van der Waals surface area (Å²) in [5.74, 6) is -0.302. The predicted octanol–water partition coefficient (Wildman–Crippen LogP) is 2.63. The van der Waals surface area contributed by atoms with E-state index in [-0.39, 0.29) is 24.2 Å². The molecule has 0 saturated carbocycles. The van der Waals surface area contributed by atoms with E-state index in [1.165, 1.54) is 5.56 Å². The summed E-state index contributed by atoms with van der Waals surface area (Å²) >= 11 is 0. The highest BCUT2D eigenvalue weighted by Crippen LogP contribution is 2.15. The normalized spacial score (nSPS) is 9.80. The zero-order valence-corrected chi connectivity index (χ0v) is 15.1. The van der Waals surface area contributed by atoms with Crippen LogP contribution in [0, 0.1) is 0 Å². The third-order valence-electron chi connectivity index (χ3n) is 3.59. The Labute approximate surface area is 154 Å². The van der Waals surface area contributed by atoms with Crippen molar-refractivity contribution in [3.8, 4) is 0 Å². The Bertz CT molecular complexity index is 677. The van der Waals surface area contributed by atoms with Crippen LogP contribution in [-0.2, 0) is 11.2 Å². The van der Waals surface area contributed by atoms with Gasteiger partial charge in [-0.05, 0) is 31.2 Å². The number of amides is 2. The minimum Gasteiger partial charge on any atom is -0.352 e. The van der Waals surface area contributed by atoms with Gasteiger partial charge in [-0.3, -0.25) is 9.59 Å². The zero-order valence-electron chi connectivity index (χ0n) is 14.2. The molecule has 0 saturated heterocycles. The molecule has 25 heavy (non-hydrogen) atoms. The molecule has 134 valence electrons. The van der Waals surface area contributed by atoms with Crippen molar-refractivity contribution in [2.45, 2.75) is 12.8 Å². The largest absolute Gasteiger partial charge is 0.352 e. The Hall–Kier alpha value is -2.37. The van der Waals surface area contributed by atoms with Gasteiger partial charge in [-0.15, -0.1) is 12.4 Å². The predicted molar refractivity (Wildman–Crippen MR) is 103 cm³/mol. The zero-order chi connectivity index (χ0) is 17.2. The van der Waals surface area contributed by atoms with Gasteiger partial charge in [0.2, 0.25) is 5.91 Å². The first-order valence-corrected chi connectivity index (χ1v) is 8.06. The maximum atomic E-state index is 12.4. The molecule has 6 heteroatoms. The van der Waals surface area contributed by atoms with Crippen LogP contribution >= 0.6 is 12.4 Å². The van der Waals surface area contributed by atoms with E-state index in [0.717, 1.165) is 6.42 Å².